The molecule has 1 aromatic carbocycles. The van der Waals surface area contributed by atoms with Crippen molar-refractivity contribution in [3.8, 4) is 0 Å². The lowest BCUT2D eigenvalue weighted by molar-refractivity contribution is -0.128. The topological polar surface area (TPSA) is 92.5 Å². The Hall–Kier alpha value is -1.60. The molecule has 1 aromatic rings. The molecule has 19 heavy (non-hydrogen) atoms. The molecule has 0 bridgehead atoms. The van der Waals surface area contributed by atoms with Crippen molar-refractivity contribution in [1.29, 1.82) is 0 Å². The molecule has 0 aromatic heterocycles. The number of nitrogens with zero attached hydrogens (tertiary/aromatic N) is 1. The number of carbonyl (C=O) groups excluding carboxylic acids is 1. The number of rotatable bonds is 5. The average molecular weight is 285 g/mol. The van der Waals surface area contributed by atoms with E-state index in [0.29, 0.717) is 17.8 Å². The van der Waals surface area contributed by atoms with E-state index >= 15 is 0 Å². The van der Waals surface area contributed by atoms with Crippen molar-refractivity contribution in [2.45, 2.75) is 18.7 Å². The van der Waals surface area contributed by atoms with Crippen LogP contribution in [0, 0.1) is 6.92 Å². The van der Waals surface area contributed by atoms with Gasteiger partial charge in [0.05, 0.1) is 11.4 Å². The van der Waals surface area contributed by atoms with E-state index in [4.69, 9.17) is 5.73 Å². The summed E-state index contributed by atoms with van der Waals surface area (Å²) in [6.45, 7) is 3.75. The number of hydrogen-bond donors (Lipinski definition) is 2. The fourth-order valence-electron chi connectivity index (χ4n) is 1.52. The number of sulfonamides is 1. The molecule has 6 nitrogen and oxygen atoms in total. The number of nitrogens with two attached hydrogens (primary N) is 1. The van der Waals surface area contributed by atoms with Crippen LogP contribution in [0.1, 0.15) is 12.5 Å². The van der Waals surface area contributed by atoms with Gasteiger partial charge in [-0.2, -0.15) is 0 Å². The molecule has 0 aliphatic carbocycles. The second-order valence-electron chi connectivity index (χ2n) is 4.26. The lowest BCUT2D eigenvalue weighted by Crippen LogP contribution is -2.38. The van der Waals surface area contributed by atoms with Gasteiger partial charge in [-0.15, -0.1) is 0 Å². The smallest absolute Gasteiger partial charge is 0.241 e. The van der Waals surface area contributed by atoms with Crippen molar-refractivity contribution >= 4 is 21.6 Å². The van der Waals surface area contributed by atoms with Crippen molar-refractivity contribution < 1.29 is 13.2 Å². The van der Waals surface area contributed by atoms with Crippen LogP contribution >= 0.6 is 0 Å². The molecule has 0 aliphatic heterocycles. The van der Waals surface area contributed by atoms with Crippen LogP contribution in [-0.4, -0.2) is 39.4 Å². The van der Waals surface area contributed by atoms with Crippen molar-refractivity contribution in [3.63, 3.8) is 0 Å². The lowest BCUT2D eigenvalue weighted by Gasteiger charge is -2.15. The molecule has 0 radical (unpaired) electrons. The van der Waals surface area contributed by atoms with Crippen molar-refractivity contribution in [2.24, 2.45) is 0 Å². The quantitative estimate of drug-likeness (QED) is 0.763. The molecule has 0 spiro atoms. The highest BCUT2D eigenvalue weighted by molar-refractivity contribution is 7.89. The third-order valence-electron chi connectivity index (χ3n) is 2.80. The second kappa shape index (κ2) is 6.03. The summed E-state index contributed by atoms with van der Waals surface area (Å²) in [4.78, 5) is 13.1. The number of anilines is 1. The van der Waals surface area contributed by atoms with Crippen LogP contribution in [-0.2, 0) is 14.8 Å². The highest BCUT2D eigenvalue weighted by Gasteiger charge is 2.18. The standard InChI is InChI=1S/C12H19N3O3S/c1-4-15(3)12(16)8-14-19(17,18)11-6-5-10(13)7-9(11)2/h5-7,14H,4,8,13H2,1-3H3. The Morgan fingerprint density at radius 3 is 2.58 bits per heavy atom. The Morgan fingerprint density at radius 2 is 2.05 bits per heavy atom. The zero-order chi connectivity index (χ0) is 14.6. The average Bonchev–Trinajstić information content (AvgIpc) is 2.34. The Labute approximate surface area is 113 Å². The SMILES string of the molecule is CCN(C)C(=O)CNS(=O)(=O)c1ccc(N)cc1C. The first kappa shape index (κ1) is 15.5. The predicted molar refractivity (Wildman–Crippen MR) is 74.1 cm³/mol. The summed E-state index contributed by atoms with van der Waals surface area (Å²) < 4.78 is 26.4. The molecule has 0 atom stereocenters. The van der Waals surface area contributed by atoms with Crippen molar-refractivity contribution in [3.05, 3.63) is 23.8 Å². The number of benzene rings is 1. The maximum atomic E-state index is 12.1. The normalized spacial score (nSPS) is 11.3. The number of aryl methyl sites for hydroxylation is 1. The number of nitrogen functional groups attached to an aromatic ring is 1. The molecule has 7 heteroatoms. The zero-order valence-electron chi connectivity index (χ0n) is 11.3. The first-order valence-corrected chi connectivity index (χ1v) is 7.36. The van der Waals surface area contributed by atoms with Crippen LogP contribution in [0.5, 0.6) is 0 Å². The summed E-state index contributed by atoms with van der Waals surface area (Å²) in [7, 11) is -2.08. The third-order valence-corrected chi connectivity index (χ3v) is 4.36. The van der Waals surface area contributed by atoms with Gasteiger partial charge < -0.3 is 10.6 Å². The first-order chi connectivity index (χ1) is 8.77. The van der Waals surface area contributed by atoms with E-state index in [-0.39, 0.29) is 17.3 Å². The molecule has 0 unspecified atom stereocenters. The lowest BCUT2D eigenvalue weighted by atomic mass is 10.2. The molecule has 3 N–H and O–H groups in total. The van der Waals surface area contributed by atoms with E-state index < -0.39 is 10.0 Å². The Kier molecular flexibility index (Phi) is 4.90. The van der Waals surface area contributed by atoms with E-state index in [9.17, 15) is 13.2 Å². The van der Waals surface area contributed by atoms with Crippen LogP contribution in [0.3, 0.4) is 0 Å². The van der Waals surface area contributed by atoms with E-state index in [2.05, 4.69) is 4.72 Å². The van der Waals surface area contributed by atoms with Crippen molar-refractivity contribution in [2.75, 3.05) is 25.9 Å². The molecular weight excluding hydrogens is 266 g/mol. The molecule has 0 saturated carbocycles. The summed E-state index contributed by atoms with van der Waals surface area (Å²) >= 11 is 0. The molecule has 0 fully saturated rings. The minimum Gasteiger partial charge on any atom is -0.399 e. The highest BCUT2D eigenvalue weighted by atomic mass is 32.2. The fraction of sp³-hybridized carbons (Fsp3) is 0.417. The van der Waals surface area contributed by atoms with E-state index in [0.717, 1.165) is 0 Å². The minimum absolute atomic E-state index is 0.133. The van der Waals surface area contributed by atoms with Gasteiger partial charge in [0, 0.05) is 19.3 Å². The number of amides is 1. The molecular formula is C12H19N3O3S. The van der Waals surface area contributed by atoms with Gasteiger partial charge in [-0.3, -0.25) is 4.79 Å². The molecule has 1 amide bonds. The van der Waals surface area contributed by atoms with Gasteiger partial charge in [-0.1, -0.05) is 0 Å². The van der Waals surface area contributed by atoms with E-state index in [1.807, 2.05) is 6.92 Å². The maximum Gasteiger partial charge on any atom is 0.241 e. The van der Waals surface area contributed by atoms with Gasteiger partial charge in [0.25, 0.3) is 0 Å². The summed E-state index contributed by atoms with van der Waals surface area (Å²) in [6.07, 6.45) is 0. The fourth-order valence-corrected chi connectivity index (χ4v) is 2.72. The largest absolute Gasteiger partial charge is 0.399 e. The third kappa shape index (κ3) is 3.93. The monoisotopic (exact) mass is 285 g/mol. The van der Waals surface area contributed by atoms with Gasteiger partial charge >= 0.3 is 0 Å². The van der Waals surface area contributed by atoms with Gasteiger partial charge in [0.2, 0.25) is 15.9 Å². The summed E-state index contributed by atoms with van der Waals surface area (Å²) in [5, 5.41) is 0. The van der Waals surface area contributed by atoms with Crippen LogP contribution in [0.15, 0.2) is 23.1 Å². The summed E-state index contributed by atoms with van der Waals surface area (Å²) in [5.74, 6) is -0.279. The number of nitrogens with one attached hydrogen (secondary N) is 1. The minimum atomic E-state index is -3.70. The van der Waals surface area contributed by atoms with Gasteiger partial charge in [0.1, 0.15) is 0 Å². The van der Waals surface area contributed by atoms with Gasteiger partial charge in [0.15, 0.2) is 0 Å². The molecule has 106 valence electrons. The highest BCUT2D eigenvalue weighted by Crippen LogP contribution is 2.17. The van der Waals surface area contributed by atoms with Crippen molar-refractivity contribution in [1.82, 2.24) is 9.62 Å². The first-order valence-electron chi connectivity index (χ1n) is 5.87. The number of carbonyl (C=O) groups is 1. The van der Waals surface area contributed by atoms with Crippen LogP contribution in [0.25, 0.3) is 0 Å². The Balaban J connectivity index is 2.85. The maximum absolute atomic E-state index is 12.1. The van der Waals surface area contributed by atoms with E-state index in [1.165, 1.54) is 17.0 Å². The predicted octanol–water partition coefficient (Wildman–Crippen LogP) is 0.334. The second-order valence-corrected chi connectivity index (χ2v) is 5.99. The van der Waals surface area contributed by atoms with Crippen LogP contribution < -0.4 is 10.5 Å². The Morgan fingerprint density at radius 1 is 1.42 bits per heavy atom. The molecule has 0 heterocycles. The summed E-state index contributed by atoms with van der Waals surface area (Å²) in [5.41, 5.74) is 6.62. The van der Waals surface area contributed by atoms with Gasteiger partial charge in [-0.05, 0) is 37.6 Å². The number of likely N-dealkylation sites (N-methyl/N-ethyl adjacent to an activating group) is 1. The summed E-state index contributed by atoms with van der Waals surface area (Å²) in [6, 6.07) is 4.52. The van der Waals surface area contributed by atoms with Crippen LogP contribution in [0.2, 0.25) is 0 Å². The van der Waals surface area contributed by atoms with Crippen LogP contribution in [0.4, 0.5) is 5.69 Å². The number of hydrogen-bond acceptors (Lipinski definition) is 4. The molecule has 0 aliphatic rings. The molecule has 0 saturated heterocycles. The Bertz CT molecular complexity index is 570. The van der Waals surface area contributed by atoms with Gasteiger partial charge in [-0.25, -0.2) is 13.1 Å². The molecule has 1 rings (SSSR count). The van der Waals surface area contributed by atoms with E-state index in [1.54, 1.807) is 20.0 Å². The zero-order valence-corrected chi connectivity index (χ0v) is 12.1.